The molecule has 1 saturated heterocycles. The van der Waals surface area contributed by atoms with Crippen LogP contribution in [-0.2, 0) is 4.74 Å². The lowest BCUT2D eigenvalue weighted by Gasteiger charge is -2.27. The molecule has 0 atom stereocenters. The molecule has 4 heteroatoms. The third kappa shape index (κ3) is 2.43. The van der Waals surface area contributed by atoms with E-state index in [4.69, 9.17) is 4.74 Å². The summed E-state index contributed by atoms with van der Waals surface area (Å²) in [4.78, 5) is 13.9. The molecule has 2 rings (SSSR count). The highest BCUT2D eigenvalue weighted by Crippen LogP contribution is 2.19. The number of aryl methyl sites for hydroxylation is 1. The Morgan fingerprint density at radius 3 is 2.67 bits per heavy atom. The van der Waals surface area contributed by atoms with Gasteiger partial charge in [0.1, 0.15) is 5.82 Å². The van der Waals surface area contributed by atoms with Crippen molar-refractivity contribution in [3.05, 3.63) is 41.2 Å². The van der Waals surface area contributed by atoms with E-state index in [0.717, 1.165) is 0 Å². The van der Waals surface area contributed by atoms with Crippen LogP contribution in [0.4, 0.5) is 4.39 Å². The van der Waals surface area contributed by atoms with E-state index in [-0.39, 0.29) is 11.5 Å². The van der Waals surface area contributed by atoms with Crippen molar-refractivity contribution in [2.24, 2.45) is 0 Å². The number of morpholine rings is 1. The molecule has 1 amide bonds. The molecule has 0 spiro atoms. The molecule has 1 aromatic carbocycles. The van der Waals surface area contributed by atoms with Crippen LogP contribution in [0, 0.1) is 12.7 Å². The molecular formula is C14H16FNO2. The van der Waals surface area contributed by atoms with Gasteiger partial charge in [0.05, 0.1) is 18.8 Å². The SMILES string of the molecule is C=Cc1cc(C)c(C(=O)N2CCOCC2)c(F)c1. The first kappa shape index (κ1) is 12.8. The van der Waals surface area contributed by atoms with E-state index in [9.17, 15) is 9.18 Å². The highest BCUT2D eigenvalue weighted by molar-refractivity contribution is 5.96. The van der Waals surface area contributed by atoms with Crippen molar-refractivity contribution in [2.75, 3.05) is 26.3 Å². The minimum absolute atomic E-state index is 0.155. The van der Waals surface area contributed by atoms with Crippen LogP contribution in [0.1, 0.15) is 21.5 Å². The second kappa shape index (κ2) is 5.31. The maximum atomic E-state index is 14.0. The van der Waals surface area contributed by atoms with Gasteiger partial charge in [0.2, 0.25) is 0 Å². The zero-order chi connectivity index (χ0) is 13.1. The van der Waals surface area contributed by atoms with Crippen molar-refractivity contribution in [1.29, 1.82) is 0 Å². The van der Waals surface area contributed by atoms with Crippen molar-refractivity contribution in [1.82, 2.24) is 4.90 Å². The quantitative estimate of drug-likeness (QED) is 0.804. The summed E-state index contributed by atoms with van der Waals surface area (Å²) in [6.07, 6.45) is 1.57. The third-order valence-corrected chi connectivity index (χ3v) is 3.06. The first-order valence-corrected chi connectivity index (χ1v) is 5.93. The van der Waals surface area contributed by atoms with Crippen molar-refractivity contribution in [3.8, 4) is 0 Å². The Kier molecular flexibility index (Phi) is 3.77. The number of nitrogens with zero attached hydrogens (tertiary/aromatic N) is 1. The second-order valence-corrected chi connectivity index (χ2v) is 4.30. The molecule has 1 fully saturated rings. The van der Waals surface area contributed by atoms with Crippen LogP contribution in [0.5, 0.6) is 0 Å². The molecule has 1 heterocycles. The van der Waals surface area contributed by atoms with E-state index >= 15 is 0 Å². The van der Waals surface area contributed by atoms with Crippen LogP contribution in [-0.4, -0.2) is 37.1 Å². The molecule has 96 valence electrons. The zero-order valence-electron chi connectivity index (χ0n) is 10.4. The molecule has 1 aliphatic rings. The van der Waals surface area contributed by atoms with Gasteiger partial charge >= 0.3 is 0 Å². The van der Waals surface area contributed by atoms with Crippen molar-refractivity contribution in [2.45, 2.75) is 6.92 Å². The highest BCUT2D eigenvalue weighted by Gasteiger charge is 2.23. The monoisotopic (exact) mass is 249 g/mol. The fraction of sp³-hybridized carbons (Fsp3) is 0.357. The van der Waals surface area contributed by atoms with Gasteiger partial charge < -0.3 is 9.64 Å². The summed E-state index contributed by atoms with van der Waals surface area (Å²) >= 11 is 0. The van der Waals surface area contributed by atoms with Gasteiger partial charge in [-0.2, -0.15) is 0 Å². The summed E-state index contributed by atoms with van der Waals surface area (Å²) in [6, 6.07) is 3.11. The fourth-order valence-electron chi connectivity index (χ4n) is 2.08. The number of hydrogen-bond acceptors (Lipinski definition) is 2. The van der Waals surface area contributed by atoms with E-state index in [0.29, 0.717) is 37.4 Å². The molecule has 0 bridgehead atoms. The Labute approximate surface area is 106 Å². The number of amides is 1. The van der Waals surface area contributed by atoms with Crippen molar-refractivity contribution >= 4 is 12.0 Å². The number of halogens is 1. The van der Waals surface area contributed by atoms with E-state index < -0.39 is 5.82 Å². The lowest BCUT2D eigenvalue weighted by molar-refractivity contribution is 0.0299. The maximum absolute atomic E-state index is 14.0. The molecule has 1 aliphatic heterocycles. The number of hydrogen-bond donors (Lipinski definition) is 0. The van der Waals surface area contributed by atoms with Crippen LogP contribution in [0.25, 0.3) is 6.08 Å². The fourth-order valence-corrected chi connectivity index (χ4v) is 2.08. The smallest absolute Gasteiger partial charge is 0.257 e. The molecule has 3 nitrogen and oxygen atoms in total. The van der Waals surface area contributed by atoms with E-state index in [1.807, 2.05) is 0 Å². The molecule has 18 heavy (non-hydrogen) atoms. The number of carbonyl (C=O) groups is 1. The number of benzene rings is 1. The lowest BCUT2D eigenvalue weighted by Crippen LogP contribution is -2.41. The Morgan fingerprint density at radius 2 is 2.11 bits per heavy atom. The van der Waals surface area contributed by atoms with Gasteiger partial charge in [-0.15, -0.1) is 0 Å². The highest BCUT2D eigenvalue weighted by atomic mass is 19.1. The molecule has 0 saturated carbocycles. The number of rotatable bonds is 2. The van der Waals surface area contributed by atoms with Crippen LogP contribution >= 0.6 is 0 Å². The van der Waals surface area contributed by atoms with Crippen LogP contribution in [0.3, 0.4) is 0 Å². The van der Waals surface area contributed by atoms with Gasteiger partial charge in [-0.25, -0.2) is 4.39 Å². The van der Waals surface area contributed by atoms with Crippen molar-refractivity contribution < 1.29 is 13.9 Å². The van der Waals surface area contributed by atoms with Crippen LogP contribution in [0.2, 0.25) is 0 Å². The predicted octanol–water partition coefficient (Wildman–Crippen LogP) is 2.25. The third-order valence-electron chi connectivity index (χ3n) is 3.06. The van der Waals surface area contributed by atoms with Gasteiger partial charge in [-0.05, 0) is 24.1 Å². The minimum Gasteiger partial charge on any atom is -0.378 e. The Balaban J connectivity index is 2.32. The molecule has 0 aliphatic carbocycles. The summed E-state index contributed by atoms with van der Waals surface area (Å²) in [5, 5.41) is 0. The topological polar surface area (TPSA) is 29.5 Å². The summed E-state index contributed by atoms with van der Waals surface area (Å²) in [5.41, 5.74) is 1.48. The predicted molar refractivity (Wildman–Crippen MR) is 68.0 cm³/mol. The van der Waals surface area contributed by atoms with Gasteiger partial charge in [0.25, 0.3) is 5.91 Å². The van der Waals surface area contributed by atoms with Crippen molar-refractivity contribution in [3.63, 3.8) is 0 Å². The second-order valence-electron chi connectivity index (χ2n) is 4.30. The van der Waals surface area contributed by atoms with Gasteiger partial charge in [-0.1, -0.05) is 18.7 Å². The Hall–Kier alpha value is -1.68. The van der Waals surface area contributed by atoms with E-state index in [1.54, 1.807) is 24.0 Å². The van der Waals surface area contributed by atoms with Gasteiger partial charge in [-0.3, -0.25) is 4.79 Å². The average molecular weight is 249 g/mol. The standard InChI is InChI=1S/C14H16FNO2/c1-3-11-8-10(2)13(12(15)9-11)14(17)16-4-6-18-7-5-16/h3,8-9H,1,4-7H2,2H3. The number of ether oxygens (including phenoxy) is 1. The Bertz CT molecular complexity index is 456. The minimum atomic E-state index is -0.485. The van der Waals surface area contributed by atoms with Crippen LogP contribution < -0.4 is 0 Å². The van der Waals surface area contributed by atoms with Crippen LogP contribution in [0.15, 0.2) is 18.7 Å². The lowest BCUT2D eigenvalue weighted by atomic mass is 10.0. The summed E-state index contributed by atoms with van der Waals surface area (Å²) in [5.74, 6) is -0.745. The first-order chi connectivity index (χ1) is 8.63. The largest absolute Gasteiger partial charge is 0.378 e. The average Bonchev–Trinajstić information content (AvgIpc) is 2.38. The number of carbonyl (C=O) groups excluding carboxylic acids is 1. The van der Waals surface area contributed by atoms with E-state index in [2.05, 4.69) is 6.58 Å². The van der Waals surface area contributed by atoms with E-state index in [1.165, 1.54) is 6.07 Å². The Morgan fingerprint density at radius 1 is 1.44 bits per heavy atom. The molecule has 0 unspecified atom stereocenters. The van der Waals surface area contributed by atoms with Gasteiger partial charge in [0, 0.05) is 13.1 Å². The zero-order valence-corrected chi connectivity index (χ0v) is 10.4. The molecule has 1 aromatic rings. The molecule has 0 N–H and O–H groups in total. The maximum Gasteiger partial charge on any atom is 0.257 e. The molecule has 0 radical (unpaired) electrons. The normalized spacial score (nSPS) is 15.6. The van der Waals surface area contributed by atoms with Gasteiger partial charge in [0.15, 0.2) is 0 Å². The summed E-state index contributed by atoms with van der Waals surface area (Å²) < 4.78 is 19.2. The molecular weight excluding hydrogens is 233 g/mol. The summed E-state index contributed by atoms with van der Waals surface area (Å²) in [6.45, 7) is 7.39. The summed E-state index contributed by atoms with van der Waals surface area (Å²) in [7, 11) is 0. The first-order valence-electron chi connectivity index (χ1n) is 5.93. The molecule has 0 aromatic heterocycles.